The predicted molar refractivity (Wildman–Crippen MR) is 107 cm³/mol. The van der Waals surface area contributed by atoms with Crippen molar-refractivity contribution in [3.63, 3.8) is 0 Å². The second-order valence-corrected chi connectivity index (χ2v) is 10.9. The second kappa shape index (κ2) is 6.34. The molecule has 0 heterocycles. The van der Waals surface area contributed by atoms with Gasteiger partial charge >= 0.3 is 11.9 Å². The highest BCUT2D eigenvalue weighted by Gasteiger charge is 2.68. The molecule has 4 aliphatic carbocycles. The normalized spacial score (nSPS) is 46.3. The Balaban J connectivity index is 1.70. The van der Waals surface area contributed by atoms with Crippen LogP contribution < -0.4 is 0 Å². The highest BCUT2D eigenvalue weighted by Crippen LogP contribution is 2.72. The van der Waals surface area contributed by atoms with E-state index < -0.39 is 0 Å². The summed E-state index contributed by atoms with van der Waals surface area (Å²) in [6.45, 7) is 14.5. The zero-order chi connectivity index (χ0) is 20.5. The van der Waals surface area contributed by atoms with Crippen LogP contribution in [-0.4, -0.2) is 24.1 Å². The summed E-state index contributed by atoms with van der Waals surface area (Å²) >= 11 is 0. The van der Waals surface area contributed by atoms with E-state index in [0.29, 0.717) is 17.8 Å². The summed E-state index contributed by atoms with van der Waals surface area (Å²) in [6, 6.07) is 0. The van der Waals surface area contributed by atoms with Crippen LogP contribution >= 0.6 is 0 Å². The van der Waals surface area contributed by atoms with Crippen molar-refractivity contribution in [3.05, 3.63) is 12.2 Å². The molecule has 0 aromatic heterocycles. The van der Waals surface area contributed by atoms with E-state index >= 15 is 0 Å². The van der Waals surface area contributed by atoms with Crippen LogP contribution in [0.15, 0.2) is 12.2 Å². The van der Waals surface area contributed by atoms with E-state index in [1.807, 2.05) is 0 Å². The van der Waals surface area contributed by atoms with Gasteiger partial charge in [-0.25, -0.2) is 0 Å². The SMILES string of the molecule is C=C1[C@@H]2CC[C@H]3[C@]4(C)CC[C@@H](OC(C)=O)C(C)(C)[C@H]4CC[C@]3(C2)[C@H]1OC(C)=O. The van der Waals surface area contributed by atoms with E-state index in [2.05, 4.69) is 27.4 Å². The Labute approximate surface area is 169 Å². The van der Waals surface area contributed by atoms with E-state index in [9.17, 15) is 9.59 Å². The van der Waals surface area contributed by atoms with Gasteiger partial charge in [0.1, 0.15) is 12.2 Å². The lowest BCUT2D eigenvalue weighted by atomic mass is 9.40. The van der Waals surface area contributed by atoms with Gasteiger partial charge in [0.05, 0.1) is 0 Å². The van der Waals surface area contributed by atoms with E-state index in [4.69, 9.17) is 9.47 Å². The topological polar surface area (TPSA) is 52.6 Å². The van der Waals surface area contributed by atoms with E-state index in [-0.39, 0.29) is 40.4 Å². The summed E-state index contributed by atoms with van der Waals surface area (Å²) in [5.74, 6) is 1.20. The number of carbonyl (C=O) groups is 2. The highest BCUT2D eigenvalue weighted by atomic mass is 16.5. The number of hydrogen-bond acceptors (Lipinski definition) is 4. The van der Waals surface area contributed by atoms with Gasteiger partial charge in [-0.15, -0.1) is 0 Å². The third-order valence-electron chi connectivity index (χ3n) is 9.26. The fraction of sp³-hybridized carbons (Fsp3) is 0.833. The van der Waals surface area contributed by atoms with E-state index in [0.717, 1.165) is 37.7 Å². The van der Waals surface area contributed by atoms with Gasteiger partial charge in [0.25, 0.3) is 0 Å². The standard InChI is InChI=1S/C24H36O4/c1-14-17-7-8-19-23(6)11-10-20(27-15(2)25)22(4,5)18(23)9-12-24(19,13-17)21(14)28-16(3)26/h17-21H,1,7-13H2,2-6H3/t17-,18-,19+,20-,21+,23-,24-/m1/s1. The molecule has 156 valence electrons. The van der Waals surface area contributed by atoms with E-state index in [1.165, 1.54) is 26.7 Å². The first kappa shape index (κ1) is 20.0. The molecule has 0 N–H and O–H groups in total. The van der Waals surface area contributed by atoms with Gasteiger partial charge in [-0.1, -0.05) is 27.4 Å². The van der Waals surface area contributed by atoms with Gasteiger partial charge in [0.2, 0.25) is 0 Å². The van der Waals surface area contributed by atoms with Crippen LogP contribution in [0.1, 0.15) is 79.6 Å². The quantitative estimate of drug-likeness (QED) is 0.490. The molecular formula is C24H36O4. The molecule has 4 rings (SSSR count). The maximum Gasteiger partial charge on any atom is 0.303 e. The summed E-state index contributed by atoms with van der Waals surface area (Å²) in [5.41, 5.74) is 1.37. The van der Waals surface area contributed by atoms with Crippen LogP contribution in [-0.2, 0) is 19.1 Å². The molecule has 0 saturated heterocycles. The van der Waals surface area contributed by atoms with Crippen molar-refractivity contribution in [1.29, 1.82) is 0 Å². The fourth-order valence-electron chi connectivity index (χ4n) is 8.31. The molecule has 4 fully saturated rings. The zero-order valence-corrected chi connectivity index (χ0v) is 18.2. The molecule has 4 nitrogen and oxygen atoms in total. The van der Waals surface area contributed by atoms with Gasteiger partial charge in [0.15, 0.2) is 0 Å². The molecule has 2 bridgehead atoms. The first-order valence-electron chi connectivity index (χ1n) is 11.1. The summed E-state index contributed by atoms with van der Waals surface area (Å²) in [6.07, 6.45) is 7.57. The first-order chi connectivity index (χ1) is 13.0. The van der Waals surface area contributed by atoms with Crippen LogP contribution in [0.5, 0.6) is 0 Å². The van der Waals surface area contributed by atoms with Crippen molar-refractivity contribution in [3.8, 4) is 0 Å². The monoisotopic (exact) mass is 388 g/mol. The number of carbonyl (C=O) groups excluding carboxylic acids is 2. The Bertz CT molecular complexity index is 709. The predicted octanol–water partition coefficient (Wildman–Crippen LogP) is 5.06. The van der Waals surface area contributed by atoms with Crippen molar-refractivity contribution in [2.45, 2.75) is 91.8 Å². The number of ether oxygens (including phenoxy) is 2. The molecule has 0 aromatic rings. The summed E-state index contributed by atoms with van der Waals surface area (Å²) in [5, 5.41) is 0. The molecule has 0 aromatic carbocycles. The Morgan fingerprint density at radius 2 is 1.61 bits per heavy atom. The smallest absolute Gasteiger partial charge is 0.303 e. The Morgan fingerprint density at radius 3 is 2.25 bits per heavy atom. The van der Waals surface area contributed by atoms with Crippen molar-refractivity contribution in [2.75, 3.05) is 0 Å². The Kier molecular flexibility index (Phi) is 4.52. The van der Waals surface area contributed by atoms with Crippen LogP contribution in [0, 0.1) is 34.0 Å². The lowest BCUT2D eigenvalue weighted by Gasteiger charge is -2.65. The summed E-state index contributed by atoms with van der Waals surface area (Å²) in [7, 11) is 0. The zero-order valence-electron chi connectivity index (χ0n) is 18.2. The van der Waals surface area contributed by atoms with Crippen molar-refractivity contribution in [2.24, 2.45) is 34.0 Å². The van der Waals surface area contributed by atoms with Crippen LogP contribution in [0.25, 0.3) is 0 Å². The molecule has 0 unspecified atom stereocenters. The molecule has 4 saturated carbocycles. The molecule has 7 atom stereocenters. The minimum absolute atomic E-state index is 0.00345. The molecule has 0 aliphatic heterocycles. The molecule has 1 spiro atoms. The van der Waals surface area contributed by atoms with Crippen molar-refractivity contribution >= 4 is 11.9 Å². The number of esters is 2. The summed E-state index contributed by atoms with van der Waals surface area (Å²) in [4.78, 5) is 23.6. The van der Waals surface area contributed by atoms with Gasteiger partial charge in [0, 0.05) is 24.7 Å². The van der Waals surface area contributed by atoms with Gasteiger partial charge in [-0.2, -0.15) is 0 Å². The molecule has 4 heteroatoms. The minimum atomic E-state index is -0.182. The molecule has 4 aliphatic rings. The molecule has 28 heavy (non-hydrogen) atoms. The molecular weight excluding hydrogens is 352 g/mol. The van der Waals surface area contributed by atoms with Crippen LogP contribution in [0.2, 0.25) is 0 Å². The largest absolute Gasteiger partial charge is 0.462 e. The number of fused-ring (bicyclic) bond motifs is 3. The van der Waals surface area contributed by atoms with Crippen molar-refractivity contribution < 1.29 is 19.1 Å². The lowest BCUT2D eigenvalue weighted by molar-refractivity contribution is -0.210. The third kappa shape index (κ3) is 2.62. The second-order valence-electron chi connectivity index (χ2n) is 10.9. The average Bonchev–Trinajstić information content (AvgIpc) is 2.77. The Morgan fingerprint density at radius 1 is 0.929 bits per heavy atom. The number of hydrogen-bond donors (Lipinski definition) is 0. The fourth-order valence-corrected chi connectivity index (χ4v) is 8.31. The van der Waals surface area contributed by atoms with Crippen LogP contribution in [0.4, 0.5) is 0 Å². The maximum absolute atomic E-state index is 11.9. The molecule has 0 amide bonds. The Hall–Kier alpha value is -1.32. The average molecular weight is 389 g/mol. The van der Waals surface area contributed by atoms with Gasteiger partial charge in [-0.3, -0.25) is 9.59 Å². The van der Waals surface area contributed by atoms with Crippen LogP contribution in [0.3, 0.4) is 0 Å². The number of rotatable bonds is 2. The van der Waals surface area contributed by atoms with Gasteiger partial charge < -0.3 is 9.47 Å². The van der Waals surface area contributed by atoms with Crippen molar-refractivity contribution in [1.82, 2.24) is 0 Å². The summed E-state index contributed by atoms with van der Waals surface area (Å²) < 4.78 is 11.7. The third-order valence-corrected chi connectivity index (χ3v) is 9.26. The van der Waals surface area contributed by atoms with E-state index in [1.54, 1.807) is 0 Å². The first-order valence-corrected chi connectivity index (χ1v) is 11.1. The minimum Gasteiger partial charge on any atom is -0.462 e. The van der Waals surface area contributed by atoms with Gasteiger partial charge in [-0.05, 0) is 73.7 Å². The highest BCUT2D eigenvalue weighted by molar-refractivity contribution is 5.67. The lowest BCUT2D eigenvalue weighted by Crippen LogP contribution is -2.61. The maximum atomic E-state index is 11.9. The molecule has 0 radical (unpaired) electrons.